The number of hydrogen-bond donors (Lipinski definition) is 2. The number of carbonyl (C=O) groups excluding carboxylic acids is 1. The van der Waals surface area contributed by atoms with Crippen molar-refractivity contribution in [3.8, 4) is 0 Å². The van der Waals surface area contributed by atoms with Gasteiger partial charge < -0.3 is 10.4 Å². The van der Waals surface area contributed by atoms with E-state index in [-0.39, 0.29) is 12.1 Å². The van der Waals surface area contributed by atoms with Gasteiger partial charge in [-0.05, 0) is 37.3 Å². The van der Waals surface area contributed by atoms with E-state index in [1.165, 1.54) is 4.90 Å². The van der Waals surface area contributed by atoms with Crippen LogP contribution in [0.5, 0.6) is 0 Å². The van der Waals surface area contributed by atoms with E-state index in [9.17, 15) is 14.7 Å². The molecule has 1 heterocycles. The number of carboxylic acids is 1. The van der Waals surface area contributed by atoms with Gasteiger partial charge in [-0.1, -0.05) is 18.2 Å². The number of rotatable bonds is 3. The van der Waals surface area contributed by atoms with E-state index in [1.807, 2.05) is 25.1 Å². The summed E-state index contributed by atoms with van der Waals surface area (Å²) in [7, 11) is 0. The molecule has 1 aliphatic heterocycles. The highest BCUT2D eigenvalue weighted by atomic mass is 16.4. The van der Waals surface area contributed by atoms with E-state index in [0.717, 1.165) is 18.4 Å². The van der Waals surface area contributed by atoms with Crippen LogP contribution in [0, 0.1) is 5.92 Å². The summed E-state index contributed by atoms with van der Waals surface area (Å²) in [6, 6.07) is 6.37. The van der Waals surface area contributed by atoms with Crippen LogP contribution < -0.4 is 10.2 Å². The molecule has 0 radical (unpaired) electrons. The molecule has 0 saturated heterocycles. The Hall–Kier alpha value is -2.04. The molecule has 1 saturated carbocycles. The summed E-state index contributed by atoms with van der Waals surface area (Å²) in [5, 5.41) is 12.3. The minimum Gasteiger partial charge on any atom is -0.480 e. The van der Waals surface area contributed by atoms with Gasteiger partial charge in [0.25, 0.3) is 0 Å². The molecule has 1 aliphatic carbocycles. The molecule has 2 N–H and O–H groups in total. The minimum atomic E-state index is -0.963. The third-order valence-electron chi connectivity index (χ3n) is 4.16. The lowest BCUT2D eigenvalue weighted by atomic mass is 10.1. The lowest BCUT2D eigenvalue weighted by Crippen LogP contribution is -2.50. The van der Waals surface area contributed by atoms with Gasteiger partial charge in [0.2, 0.25) is 0 Å². The molecule has 106 valence electrons. The van der Waals surface area contributed by atoms with Crippen LogP contribution >= 0.6 is 0 Å². The van der Waals surface area contributed by atoms with E-state index in [2.05, 4.69) is 5.32 Å². The highest BCUT2D eigenvalue weighted by Crippen LogP contribution is 2.34. The predicted octanol–water partition coefficient (Wildman–Crippen LogP) is 2.01. The van der Waals surface area contributed by atoms with Crippen molar-refractivity contribution < 1.29 is 14.7 Å². The van der Waals surface area contributed by atoms with Gasteiger partial charge in [0.1, 0.15) is 6.04 Å². The Balaban J connectivity index is 1.83. The van der Waals surface area contributed by atoms with Gasteiger partial charge in [0.15, 0.2) is 0 Å². The molecule has 5 heteroatoms. The Bertz CT molecular complexity index is 554. The maximum Gasteiger partial charge on any atom is 0.327 e. The number of amides is 2. The quantitative estimate of drug-likeness (QED) is 0.885. The lowest BCUT2D eigenvalue weighted by Gasteiger charge is -2.25. The SMILES string of the molecule is CC(NC(=O)N1c2ccccc2CC1C(=O)O)C1CC1. The zero-order valence-corrected chi connectivity index (χ0v) is 11.4. The third-order valence-corrected chi connectivity index (χ3v) is 4.16. The predicted molar refractivity (Wildman–Crippen MR) is 74.8 cm³/mol. The summed E-state index contributed by atoms with van der Waals surface area (Å²) in [5.74, 6) is -0.421. The number of nitrogens with zero attached hydrogens (tertiary/aromatic N) is 1. The number of anilines is 1. The van der Waals surface area contributed by atoms with Gasteiger partial charge in [-0.3, -0.25) is 4.90 Å². The van der Waals surface area contributed by atoms with Crippen LogP contribution in [0.4, 0.5) is 10.5 Å². The van der Waals surface area contributed by atoms with Crippen molar-refractivity contribution in [3.05, 3.63) is 29.8 Å². The first kappa shape index (κ1) is 13.0. The fourth-order valence-corrected chi connectivity index (χ4v) is 2.81. The summed E-state index contributed by atoms with van der Waals surface area (Å²) in [4.78, 5) is 25.2. The van der Waals surface area contributed by atoms with Crippen molar-refractivity contribution in [1.82, 2.24) is 5.32 Å². The van der Waals surface area contributed by atoms with Crippen LogP contribution in [0.25, 0.3) is 0 Å². The lowest BCUT2D eigenvalue weighted by molar-refractivity contribution is -0.138. The van der Waals surface area contributed by atoms with Crippen LogP contribution in [0.3, 0.4) is 0 Å². The summed E-state index contributed by atoms with van der Waals surface area (Å²) in [6.45, 7) is 1.98. The second kappa shape index (κ2) is 4.81. The van der Waals surface area contributed by atoms with Crippen LogP contribution in [0.2, 0.25) is 0 Å². The Kier molecular flexibility index (Phi) is 3.12. The summed E-state index contributed by atoms with van der Waals surface area (Å²) >= 11 is 0. The Morgan fingerprint density at radius 1 is 1.35 bits per heavy atom. The molecular formula is C15H18N2O3. The standard InChI is InChI=1S/C15H18N2O3/c1-9(10-6-7-10)16-15(20)17-12-5-3-2-4-11(12)8-13(17)14(18)19/h2-5,9-10,13H,6-8H2,1H3,(H,16,20)(H,18,19). The molecule has 0 bridgehead atoms. The number of hydrogen-bond acceptors (Lipinski definition) is 2. The monoisotopic (exact) mass is 274 g/mol. The first-order chi connectivity index (χ1) is 9.58. The number of carbonyl (C=O) groups is 2. The van der Waals surface area contributed by atoms with E-state index in [0.29, 0.717) is 18.0 Å². The highest BCUT2D eigenvalue weighted by molar-refractivity contribution is 6.01. The first-order valence-electron chi connectivity index (χ1n) is 6.98. The maximum atomic E-state index is 12.4. The Morgan fingerprint density at radius 3 is 2.70 bits per heavy atom. The fourth-order valence-electron chi connectivity index (χ4n) is 2.81. The second-order valence-corrected chi connectivity index (χ2v) is 5.63. The van der Waals surface area contributed by atoms with E-state index < -0.39 is 12.0 Å². The number of urea groups is 1. The molecule has 2 aliphatic rings. The van der Waals surface area contributed by atoms with Crippen LogP contribution in [-0.2, 0) is 11.2 Å². The van der Waals surface area contributed by atoms with E-state index >= 15 is 0 Å². The van der Waals surface area contributed by atoms with Gasteiger partial charge in [-0.2, -0.15) is 0 Å². The maximum absolute atomic E-state index is 12.4. The summed E-state index contributed by atoms with van der Waals surface area (Å²) < 4.78 is 0. The number of nitrogens with one attached hydrogen (secondary N) is 1. The van der Waals surface area contributed by atoms with Gasteiger partial charge in [0.05, 0.1) is 0 Å². The molecule has 1 fully saturated rings. The zero-order valence-electron chi connectivity index (χ0n) is 11.4. The molecule has 1 aromatic rings. The molecule has 0 spiro atoms. The third kappa shape index (κ3) is 2.24. The zero-order chi connectivity index (χ0) is 14.3. The highest BCUT2D eigenvalue weighted by Gasteiger charge is 2.39. The van der Waals surface area contributed by atoms with Gasteiger partial charge in [0, 0.05) is 18.2 Å². The van der Waals surface area contributed by atoms with E-state index in [1.54, 1.807) is 6.07 Å². The average Bonchev–Trinajstić information content (AvgIpc) is 3.18. The Morgan fingerprint density at radius 2 is 2.05 bits per heavy atom. The molecule has 0 aromatic heterocycles. The van der Waals surface area contributed by atoms with Crippen molar-refractivity contribution in [2.24, 2.45) is 5.92 Å². The van der Waals surface area contributed by atoms with Gasteiger partial charge >= 0.3 is 12.0 Å². The van der Waals surface area contributed by atoms with Gasteiger partial charge in [-0.25, -0.2) is 9.59 Å². The normalized spacial score (nSPS) is 22.2. The van der Waals surface area contributed by atoms with Crippen LogP contribution in [-0.4, -0.2) is 29.2 Å². The number of benzene rings is 1. The largest absolute Gasteiger partial charge is 0.480 e. The molecular weight excluding hydrogens is 256 g/mol. The number of para-hydroxylation sites is 1. The molecule has 2 unspecified atom stereocenters. The molecule has 5 nitrogen and oxygen atoms in total. The first-order valence-corrected chi connectivity index (χ1v) is 6.98. The van der Waals surface area contributed by atoms with Crippen LogP contribution in [0.1, 0.15) is 25.3 Å². The Labute approximate surface area is 117 Å². The molecule has 3 rings (SSSR count). The fraction of sp³-hybridized carbons (Fsp3) is 0.467. The van der Waals surface area contributed by atoms with Crippen molar-refractivity contribution in [2.45, 2.75) is 38.3 Å². The summed E-state index contributed by atoms with van der Waals surface area (Å²) in [6.07, 6.45) is 2.65. The van der Waals surface area contributed by atoms with Gasteiger partial charge in [-0.15, -0.1) is 0 Å². The van der Waals surface area contributed by atoms with Crippen molar-refractivity contribution in [2.75, 3.05) is 4.90 Å². The second-order valence-electron chi connectivity index (χ2n) is 5.63. The molecule has 2 amide bonds. The topological polar surface area (TPSA) is 69.6 Å². The van der Waals surface area contributed by atoms with Crippen molar-refractivity contribution in [1.29, 1.82) is 0 Å². The molecule has 20 heavy (non-hydrogen) atoms. The molecule has 1 aromatic carbocycles. The molecule has 2 atom stereocenters. The van der Waals surface area contributed by atoms with Crippen molar-refractivity contribution >= 4 is 17.7 Å². The number of aliphatic carboxylic acids is 1. The number of fused-ring (bicyclic) bond motifs is 1. The summed E-state index contributed by atoms with van der Waals surface area (Å²) in [5.41, 5.74) is 1.62. The number of carboxylic acid groups (broad SMARTS) is 1. The smallest absolute Gasteiger partial charge is 0.327 e. The van der Waals surface area contributed by atoms with E-state index in [4.69, 9.17) is 0 Å². The minimum absolute atomic E-state index is 0.102. The average molecular weight is 274 g/mol. The van der Waals surface area contributed by atoms with Crippen LogP contribution in [0.15, 0.2) is 24.3 Å². The van der Waals surface area contributed by atoms with Crippen molar-refractivity contribution in [3.63, 3.8) is 0 Å².